The van der Waals surface area contributed by atoms with Crippen LogP contribution in [0.15, 0.2) is 0 Å². The van der Waals surface area contributed by atoms with Gasteiger partial charge in [-0.3, -0.25) is 9.59 Å². The van der Waals surface area contributed by atoms with Gasteiger partial charge >= 0.3 is 5.97 Å². The lowest BCUT2D eigenvalue weighted by Gasteiger charge is -2.21. The summed E-state index contributed by atoms with van der Waals surface area (Å²) < 4.78 is 5.53. The van der Waals surface area contributed by atoms with Crippen LogP contribution in [0.3, 0.4) is 0 Å². The van der Waals surface area contributed by atoms with Gasteiger partial charge in [-0.1, -0.05) is 13.3 Å². The molecule has 0 spiro atoms. The molecule has 0 aromatic heterocycles. The molecule has 1 aliphatic carbocycles. The second-order valence-corrected chi connectivity index (χ2v) is 6.06. The minimum Gasteiger partial charge on any atom is -0.481 e. The molecule has 0 bridgehead atoms. The van der Waals surface area contributed by atoms with Crippen molar-refractivity contribution in [2.75, 3.05) is 19.7 Å². The van der Waals surface area contributed by atoms with Gasteiger partial charge in [0.15, 0.2) is 0 Å². The fraction of sp³-hybridized carbons (Fsp3) is 0.867. The van der Waals surface area contributed by atoms with Gasteiger partial charge in [0.2, 0.25) is 0 Å². The molecule has 2 rings (SSSR count). The average molecular weight is 283 g/mol. The highest BCUT2D eigenvalue weighted by atomic mass is 16.5. The Morgan fingerprint density at radius 2 is 2.05 bits per heavy atom. The smallest absolute Gasteiger partial charge is 0.308 e. The van der Waals surface area contributed by atoms with Crippen molar-refractivity contribution >= 4 is 11.9 Å². The zero-order valence-electron chi connectivity index (χ0n) is 12.4. The summed E-state index contributed by atoms with van der Waals surface area (Å²) in [4.78, 5) is 25.3. The van der Waals surface area contributed by atoms with Gasteiger partial charge in [0.05, 0.1) is 5.92 Å². The number of rotatable bonds is 7. The van der Waals surface area contributed by atoms with Crippen LogP contribution in [0, 0.1) is 17.8 Å². The molecule has 5 heteroatoms. The number of hydrogen-bond acceptors (Lipinski definition) is 3. The van der Waals surface area contributed by atoms with E-state index >= 15 is 0 Å². The lowest BCUT2D eigenvalue weighted by molar-refractivity contribution is -0.144. The summed E-state index contributed by atoms with van der Waals surface area (Å²) in [5, 5.41) is 9.30. The van der Waals surface area contributed by atoms with Crippen LogP contribution in [0.2, 0.25) is 0 Å². The van der Waals surface area contributed by atoms with Crippen molar-refractivity contribution in [3.05, 3.63) is 0 Å². The van der Waals surface area contributed by atoms with Gasteiger partial charge in [0, 0.05) is 19.7 Å². The van der Waals surface area contributed by atoms with Crippen LogP contribution in [0.25, 0.3) is 0 Å². The SMILES string of the molecule is CCCCOC(C)C(=O)N1C[C@H](C(=O)O)[C@@H](C2CC2)C1. The van der Waals surface area contributed by atoms with Crippen molar-refractivity contribution in [3.8, 4) is 0 Å². The van der Waals surface area contributed by atoms with Crippen LogP contribution in [-0.4, -0.2) is 47.7 Å². The van der Waals surface area contributed by atoms with E-state index in [1.54, 1.807) is 11.8 Å². The molecular formula is C15H25NO4. The molecular weight excluding hydrogens is 258 g/mol. The summed E-state index contributed by atoms with van der Waals surface area (Å²) in [5.41, 5.74) is 0. The summed E-state index contributed by atoms with van der Waals surface area (Å²) in [7, 11) is 0. The van der Waals surface area contributed by atoms with Gasteiger partial charge < -0.3 is 14.7 Å². The van der Waals surface area contributed by atoms with Crippen LogP contribution in [0.4, 0.5) is 0 Å². The van der Waals surface area contributed by atoms with Crippen molar-refractivity contribution in [1.82, 2.24) is 4.90 Å². The largest absolute Gasteiger partial charge is 0.481 e. The predicted octanol–water partition coefficient (Wildman–Crippen LogP) is 1.76. The second-order valence-electron chi connectivity index (χ2n) is 6.06. The number of amides is 1. The molecule has 0 aromatic carbocycles. The Morgan fingerprint density at radius 3 is 2.60 bits per heavy atom. The lowest BCUT2D eigenvalue weighted by Crippen LogP contribution is -2.38. The second kappa shape index (κ2) is 6.57. The molecule has 3 atom stereocenters. The summed E-state index contributed by atoms with van der Waals surface area (Å²) in [6.45, 7) is 5.36. The van der Waals surface area contributed by atoms with Gasteiger partial charge in [-0.2, -0.15) is 0 Å². The van der Waals surface area contributed by atoms with Gasteiger partial charge in [0.1, 0.15) is 6.10 Å². The van der Waals surface area contributed by atoms with Gasteiger partial charge in [-0.05, 0) is 38.0 Å². The predicted molar refractivity (Wildman–Crippen MR) is 74.2 cm³/mol. The number of hydrogen-bond donors (Lipinski definition) is 1. The van der Waals surface area contributed by atoms with Gasteiger partial charge in [0.25, 0.3) is 5.91 Å². The first-order valence-corrected chi connectivity index (χ1v) is 7.67. The van der Waals surface area contributed by atoms with E-state index in [1.165, 1.54) is 0 Å². The summed E-state index contributed by atoms with van der Waals surface area (Å²) >= 11 is 0. The highest BCUT2D eigenvalue weighted by Gasteiger charge is 2.47. The normalized spacial score (nSPS) is 27.6. The molecule has 0 aromatic rings. The minimum atomic E-state index is -0.767. The first-order valence-electron chi connectivity index (χ1n) is 7.67. The standard InChI is InChI=1S/C15H25NO4/c1-3-4-7-20-10(2)14(17)16-8-12(11-5-6-11)13(9-16)15(18)19/h10-13H,3-9H2,1-2H3,(H,18,19)/t10?,12-,13+/m1/s1. The summed E-state index contributed by atoms with van der Waals surface area (Å²) in [6.07, 6.45) is 3.74. The number of likely N-dealkylation sites (tertiary alicyclic amines) is 1. The molecule has 114 valence electrons. The van der Waals surface area contributed by atoms with Gasteiger partial charge in [-0.15, -0.1) is 0 Å². The first kappa shape index (κ1) is 15.3. The molecule has 2 fully saturated rings. The van der Waals surface area contributed by atoms with Crippen LogP contribution >= 0.6 is 0 Å². The minimum absolute atomic E-state index is 0.0597. The topological polar surface area (TPSA) is 66.8 Å². The molecule has 1 N–H and O–H groups in total. The van der Waals surface area contributed by atoms with E-state index in [4.69, 9.17) is 4.74 Å². The molecule has 20 heavy (non-hydrogen) atoms. The highest BCUT2D eigenvalue weighted by molar-refractivity contribution is 5.82. The number of carbonyl (C=O) groups is 2. The summed E-state index contributed by atoms with van der Waals surface area (Å²) in [5.74, 6) is -0.578. The third-order valence-corrected chi connectivity index (χ3v) is 4.44. The molecule has 1 saturated heterocycles. The summed E-state index contributed by atoms with van der Waals surface area (Å²) in [6, 6.07) is 0. The fourth-order valence-corrected chi connectivity index (χ4v) is 3.01. The third kappa shape index (κ3) is 3.51. The van der Waals surface area contributed by atoms with E-state index < -0.39 is 18.0 Å². The van der Waals surface area contributed by atoms with E-state index in [1.807, 2.05) is 0 Å². The van der Waals surface area contributed by atoms with Crippen molar-refractivity contribution in [2.24, 2.45) is 17.8 Å². The Kier molecular flexibility index (Phi) is 5.02. The number of carboxylic acid groups (broad SMARTS) is 1. The molecule has 0 radical (unpaired) electrons. The first-order chi connectivity index (χ1) is 9.54. The van der Waals surface area contributed by atoms with E-state index in [2.05, 4.69) is 6.92 Å². The lowest BCUT2D eigenvalue weighted by atomic mass is 9.92. The van der Waals surface area contributed by atoms with Crippen LogP contribution in [0.5, 0.6) is 0 Å². The molecule has 2 aliphatic rings. The number of carboxylic acids is 1. The van der Waals surface area contributed by atoms with Crippen molar-refractivity contribution in [1.29, 1.82) is 0 Å². The van der Waals surface area contributed by atoms with E-state index in [-0.39, 0.29) is 11.8 Å². The fourth-order valence-electron chi connectivity index (χ4n) is 3.01. The van der Waals surface area contributed by atoms with Crippen LogP contribution in [0.1, 0.15) is 39.5 Å². The molecule has 1 heterocycles. The quantitative estimate of drug-likeness (QED) is 0.723. The monoisotopic (exact) mass is 283 g/mol. The maximum absolute atomic E-state index is 12.3. The Labute approximate surface area is 120 Å². The number of ether oxygens (including phenoxy) is 1. The van der Waals surface area contributed by atoms with Gasteiger partial charge in [-0.25, -0.2) is 0 Å². The van der Waals surface area contributed by atoms with E-state index in [9.17, 15) is 14.7 Å². The molecule has 1 saturated carbocycles. The number of nitrogens with zero attached hydrogens (tertiary/aromatic N) is 1. The van der Waals surface area contributed by atoms with E-state index in [0.717, 1.165) is 25.7 Å². The molecule has 1 aliphatic heterocycles. The number of unbranched alkanes of at least 4 members (excludes halogenated alkanes) is 1. The maximum Gasteiger partial charge on any atom is 0.308 e. The number of aliphatic carboxylic acids is 1. The number of carbonyl (C=O) groups excluding carboxylic acids is 1. The maximum atomic E-state index is 12.3. The van der Waals surface area contributed by atoms with Crippen molar-refractivity contribution in [3.63, 3.8) is 0 Å². The van der Waals surface area contributed by atoms with Crippen LogP contribution in [-0.2, 0) is 14.3 Å². The Balaban J connectivity index is 1.89. The molecule has 1 amide bonds. The van der Waals surface area contributed by atoms with Crippen LogP contribution < -0.4 is 0 Å². The Morgan fingerprint density at radius 1 is 1.35 bits per heavy atom. The molecule has 5 nitrogen and oxygen atoms in total. The highest BCUT2D eigenvalue weighted by Crippen LogP contribution is 2.44. The zero-order chi connectivity index (χ0) is 14.7. The molecule has 1 unspecified atom stereocenters. The van der Waals surface area contributed by atoms with Crippen molar-refractivity contribution in [2.45, 2.75) is 45.6 Å². The third-order valence-electron chi connectivity index (χ3n) is 4.44. The van der Waals surface area contributed by atoms with E-state index in [0.29, 0.717) is 25.6 Å². The average Bonchev–Trinajstić information content (AvgIpc) is 3.16. The zero-order valence-corrected chi connectivity index (χ0v) is 12.4. The Bertz CT molecular complexity index is 367. The Hall–Kier alpha value is -1.10. The van der Waals surface area contributed by atoms with Crippen molar-refractivity contribution < 1.29 is 19.4 Å².